The summed E-state index contributed by atoms with van der Waals surface area (Å²) < 4.78 is 0. The summed E-state index contributed by atoms with van der Waals surface area (Å²) in [6.45, 7) is 7.77. The monoisotopic (exact) mass is 187 g/mol. The van der Waals surface area contributed by atoms with Gasteiger partial charge in [0, 0.05) is 25.2 Å². The van der Waals surface area contributed by atoms with Crippen LogP contribution in [0.3, 0.4) is 0 Å². The van der Waals surface area contributed by atoms with Crippen LogP contribution in [0.15, 0.2) is 0 Å². The Morgan fingerprint density at radius 2 is 1.62 bits per heavy atom. The number of nitrogens with zero attached hydrogens (tertiary/aromatic N) is 2. The van der Waals surface area contributed by atoms with Crippen LogP contribution in [0.2, 0.25) is 0 Å². The molecule has 0 aromatic heterocycles. The number of hydrogen-bond donors (Lipinski definition) is 1. The highest BCUT2D eigenvalue weighted by atomic mass is 15.2. The van der Waals surface area contributed by atoms with E-state index in [0.717, 1.165) is 19.6 Å². The maximum Gasteiger partial charge on any atom is 0.0249 e. The first-order chi connectivity index (χ1) is 5.87. The Labute approximate surface area is 83.1 Å². The molecule has 0 saturated heterocycles. The van der Waals surface area contributed by atoms with Crippen molar-refractivity contribution in [3.8, 4) is 0 Å². The lowest BCUT2D eigenvalue weighted by molar-refractivity contribution is 0.223. The number of likely N-dealkylation sites (N-methyl/N-ethyl adjacent to an activating group) is 3. The zero-order valence-corrected chi connectivity index (χ0v) is 10.0. The van der Waals surface area contributed by atoms with Crippen LogP contribution in [-0.2, 0) is 0 Å². The molecule has 3 heteroatoms. The zero-order chi connectivity index (χ0) is 10.5. The first-order valence-electron chi connectivity index (χ1n) is 4.89. The third kappa shape index (κ3) is 6.99. The summed E-state index contributed by atoms with van der Waals surface area (Å²) in [4.78, 5) is 4.57. The molecule has 0 heterocycles. The van der Waals surface area contributed by atoms with Gasteiger partial charge in [-0.2, -0.15) is 0 Å². The molecule has 0 atom stereocenters. The molecule has 80 valence electrons. The fraction of sp³-hybridized carbons (Fsp3) is 1.00. The first-order valence-corrected chi connectivity index (χ1v) is 4.89. The quantitative estimate of drug-likeness (QED) is 0.652. The van der Waals surface area contributed by atoms with Crippen LogP contribution in [-0.4, -0.2) is 63.2 Å². The molecule has 0 aliphatic heterocycles. The molecular weight excluding hydrogens is 162 g/mol. The van der Waals surface area contributed by atoms with Crippen molar-refractivity contribution >= 4 is 0 Å². The summed E-state index contributed by atoms with van der Waals surface area (Å²) in [6, 6.07) is 0. The Hall–Kier alpha value is -0.120. The van der Waals surface area contributed by atoms with Gasteiger partial charge in [-0.1, -0.05) is 0 Å². The van der Waals surface area contributed by atoms with Gasteiger partial charge in [-0.3, -0.25) is 0 Å². The zero-order valence-electron chi connectivity index (χ0n) is 10.0. The largest absolute Gasteiger partial charge is 0.314 e. The molecular formula is C10H25N3. The summed E-state index contributed by atoms with van der Waals surface area (Å²) in [5.74, 6) is 0. The molecule has 0 aromatic rings. The summed E-state index contributed by atoms with van der Waals surface area (Å²) in [5.41, 5.74) is 0.209. The first kappa shape index (κ1) is 12.9. The average Bonchev–Trinajstić information content (AvgIpc) is 2.00. The molecule has 0 radical (unpaired) electrons. The van der Waals surface area contributed by atoms with Crippen molar-refractivity contribution in [2.45, 2.75) is 19.4 Å². The molecule has 0 aliphatic rings. The van der Waals surface area contributed by atoms with Gasteiger partial charge in [0.15, 0.2) is 0 Å². The van der Waals surface area contributed by atoms with E-state index in [-0.39, 0.29) is 5.54 Å². The average molecular weight is 187 g/mol. The van der Waals surface area contributed by atoms with E-state index < -0.39 is 0 Å². The third-order valence-electron chi connectivity index (χ3n) is 2.27. The molecule has 0 spiro atoms. The molecule has 1 N–H and O–H groups in total. The molecule has 0 saturated carbocycles. The SMILES string of the molecule is CNC(C)(C)CN(C)CCN(C)C. The van der Waals surface area contributed by atoms with Gasteiger partial charge in [0.05, 0.1) is 0 Å². The molecule has 0 bridgehead atoms. The van der Waals surface area contributed by atoms with E-state index in [1.807, 2.05) is 7.05 Å². The minimum Gasteiger partial charge on any atom is -0.314 e. The Morgan fingerprint density at radius 1 is 1.08 bits per heavy atom. The minimum absolute atomic E-state index is 0.209. The predicted octanol–water partition coefficient (Wildman–Crippen LogP) is 0.478. The van der Waals surface area contributed by atoms with E-state index in [9.17, 15) is 0 Å². The van der Waals surface area contributed by atoms with Gasteiger partial charge >= 0.3 is 0 Å². The molecule has 0 rings (SSSR count). The van der Waals surface area contributed by atoms with Crippen molar-refractivity contribution in [3.05, 3.63) is 0 Å². The predicted molar refractivity (Wildman–Crippen MR) is 59.2 cm³/mol. The van der Waals surface area contributed by atoms with Crippen molar-refractivity contribution in [3.63, 3.8) is 0 Å². The smallest absolute Gasteiger partial charge is 0.0249 e. The van der Waals surface area contributed by atoms with Crippen LogP contribution >= 0.6 is 0 Å². The van der Waals surface area contributed by atoms with E-state index in [1.54, 1.807) is 0 Å². The highest BCUT2D eigenvalue weighted by molar-refractivity contribution is 4.78. The Balaban J connectivity index is 3.67. The van der Waals surface area contributed by atoms with E-state index in [1.165, 1.54) is 0 Å². The fourth-order valence-electron chi connectivity index (χ4n) is 1.20. The summed E-state index contributed by atoms with van der Waals surface area (Å²) in [5, 5.41) is 3.30. The number of nitrogens with one attached hydrogen (secondary N) is 1. The summed E-state index contributed by atoms with van der Waals surface area (Å²) in [7, 11) is 8.40. The highest BCUT2D eigenvalue weighted by Gasteiger charge is 2.16. The van der Waals surface area contributed by atoms with Crippen LogP contribution in [0.25, 0.3) is 0 Å². The fourth-order valence-corrected chi connectivity index (χ4v) is 1.20. The Bertz CT molecular complexity index is 132. The van der Waals surface area contributed by atoms with Gasteiger partial charge in [-0.25, -0.2) is 0 Å². The van der Waals surface area contributed by atoms with Gasteiger partial charge in [0.25, 0.3) is 0 Å². The van der Waals surface area contributed by atoms with Crippen molar-refractivity contribution in [1.82, 2.24) is 15.1 Å². The van der Waals surface area contributed by atoms with E-state index >= 15 is 0 Å². The van der Waals surface area contributed by atoms with Crippen molar-refractivity contribution < 1.29 is 0 Å². The minimum atomic E-state index is 0.209. The summed E-state index contributed by atoms with van der Waals surface area (Å²) >= 11 is 0. The normalized spacial score (nSPS) is 12.9. The topological polar surface area (TPSA) is 18.5 Å². The number of rotatable bonds is 6. The maximum absolute atomic E-state index is 3.30. The van der Waals surface area contributed by atoms with Crippen molar-refractivity contribution in [1.29, 1.82) is 0 Å². The van der Waals surface area contributed by atoms with Gasteiger partial charge in [0.2, 0.25) is 0 Å². The van der Waals surface area contributed by atoms with Crippen LogP contribution in [0, 0.1) is 0 Å². The molecule has 0 fully saturated rings. The van der Waals surface area contributed by atoms with Crippen molar-refractivity contribution in [2.75, 3.05) is 47.8 Å². The van der Waals surface area contributed by atoms with Crippen LogP contribution in [0.1, 0.15) is 13.8 Å². The van der Waals surface area contributed by atoms with E-state index in [0.29, 0.717) is 0 Å². The molecule has 0 aromatic carbocycles. The second kappa shape index (κ2) is 5.58. The van der Waals surface area contributed by atoms with Crippen LogP contribution in [0.5, 0.6) is 0 Å². The molecule has 0 amide bonds. The highest BCUT2D eigenvalue weighted by Crippen LogP contribution is 2.02. The van der Waals surface area contributed by atoms with Crippen molar-refractivity contribution in [2.24, 2.45) is 0 Å². The summed E-state index contributed by atoms with van der Waals surface area (Å²) in [6.07, 6.45) is 0. The van der Waals surface area contributed by atoms with Crippen LogP contribution in [0.4, 0.5) is 0 Å². The Morgan fingerprint density at radius 3 is 2.00 bits per heavy atom. The van der Waals surface area contributed by atoms with Gasteiger partial charge in [-0.15, -0.1) is 0 Å². The van der Waals surface area contributed by atoms with Gasteiger partial charge in [0.1, 0.15) is 0 Å². The lowest BCUT2D eigenvalue weighted by Gasteiger charge is -2.30. The van der Waals surface area contributed by atoms with E-state index in [4.69, 9.17) is 0 Å². The lowest BCUT2D eigenvalue weighted by atomic mass is 10.1. The second-order valence-electron chi connectivity index (χ2n) is 4.67. The van der Waals surface area contributed by atoms with Gasteiger partial charge < -0.3 is 15.1 Å². The molecule has 3 nitrogen and oxygen atoms in total. The lowest BCUT2D eigenvalue weighted by Crippen LogP contribution is -2.47. The van der Waals surface area contributed by atoms with E-state index in [2.05, 4.69) is 50.1 Å². The third-order valence-corrected chi connectivity index (χ3v) is 2.27. The molecule has 0 unspecified atom stereocenters. The molecule has 13 heavy (non-hydrogen) atoms. The second-order valence-corrected chi connectivity index (χ2v) is 4.67. The number of hydrogen-bond acceptors (Lipinski definition) is 3. The molecule has 0 aliphatic carbocycles. The Kier molecular flexibility index (Phi) is 5.53. The maximum atomic E-state index is 3.30. The van der Waals surface area contributed by atoms with Gasteiger partial charge in [-0.05, 0) is 42.0 Å². The standard InChI is InChI=1S/C10H25N3/c1-10(2,11-3)9-13(6)8-7-12(4)5/h11H,7-9H2,1-6H3. The van der Waals surface area contributed by atoms with Crippen LogP contribution < -0.4 is 5.32 Å².